The van der Waals surface area contributed by atoms with Crippen LogP contribution in [0.2, 0.25) is 0 Å². The Morgan fingerprint density at radius 1 is 0.733 bits per heavy atom. The fourth-order valence-corrected chi connectivity index (χ4v) is 9.78. The molecular weight excluding hydrogens is 387 g/mol. The molecule has 30 heavy (non-hydrogen) atoms. The van der Waals surface area contributed by atoms with Gasteiger partial charge in [-0.2, -0.15) is 0 Å². The van der Waals surface area contributed by atoms with E-state index in [1.807, 2.05) is 0 Å². The van der Waals surface area contributed by atoms with E-state index in [9.17, 15) is 4.79 Å². The minimum atomic E-state index is -1.85. The Kier molecular flexibility index (Phi) is 8.22. The summed E-state index contributed by atoms with van der Waals surface area (Å²) in [5.41, 5.74) is 0.523. The van der Waals surface area contributed by atoms with Crippen molar-refractivity contribution in [3.05, 3.63) is 91.0 Å². The highest BCUT2D eigenvalue weighted by Gasteiger charge is 2.50. The van der Waals surface area contributed by atoms with Gasteiger partial charge in [0.2, 0.25) is 0 Å². The zero-order valence-corrected chi connectivity index (χ0v) is 18.7. The van der Waals surface area contributed by atoms with E-state index in [0.717, 1.165) is 32.1 Å². The SMILES string of the molecule is CCC(CCCCCC(=O)O)[P+](c1ccccc1)(c1ccccc1)c1ccccc1. The highest BCUT2D eigenvalue weighted by Crippen LogP contribution is 2.62. The van der Waals surface area contributed by atoms with Gasteiger partial charge in [0.1, 0.15) is 23.2 Å². The lowest BCUT2D eigenvalue weighted by atomic mass is 10.1. The van der Waals surface area contributed by atoms with Crippen LogP contribution in [-0.2, 0) is 4.79 Å². The maximum Gasteiger partial charge on any atom is 0.303 e. The van der Waals surface area contributed by atoms with E-state index >= 15 is 0 Å². The van der Waals surface area contributed by atoms with E-state index in [0.29, 0.717) is 5.66 Å². The molecule has 3 heteroatoms. The number of carbonyl (C=O) groups is 1. The number of hydrogen-bond donors (Lipinski definition) is 1. The average Bonchev–Trinajstić information content (AvgIpc) is 2.80. The highest BCUT2D eigenvalue weighted by atomic mass is 31.2. The van der Waals surface area contributed by atoms with Gasteiger partial charge in [0.05, 0.1) is 5.66 Å². The predicted octanol–water partition coefficient (Wildman–Crippen LogP) is 5.79. The first-order valence-electron chi connectivity index (χ1n) is 11.0. The fourth-order valence-electron chi connectivity index (χ4n) is 4.57. The van der Waals surface area contributed by atoms with Gasteiger partial charge in [-0.25, -0.2) is 0 Å². The van der Waals surface area contributed by atoms with Gasteiger partial charge in [-0.1, -0.05) is 67.9 Å². The summed E-state index contributed by atoms with van der Waals surface area (Å²) in [6, 6.07) is 33.1. The number of carboxylic acid groups (broad SMARTS) is 1. The second kappa shape index (κ2) is 11.1. The number of rotatable bonds is 11. The Morgan fingerprint density at radius 2 is 1.17 bits per heavy atom. The first-order valence-corrected chi connectivity index (χ1v) is 12.8. The van der Waals surface area contributed by atoms with Gasteiger partial charge in [-0.3, -0.25) is 4.79 Å². The summed E-state index contributed by atoms with van der Waals surface area (Å²) in [6.07, 6.45) is 5.29. The van der Waals surface area contributed by atoms with E-state index in [2.05, 4.69) is 97.9 Å². The Morgan fingerprint density at radius 3 is 1.53 bits per heavy atom. The zero-order chi connectivity index (χ0) is 21.2. The molecule has 0 amide bonds. The molecule has 0 bridgehead atoms. The van der Waals surface area contributed by atoms with Crippen LogP contribution in [0.1, 0.15) is 45.4 Å². The topological polar surface area (TPSA) is 37.3 Å². The first kappa shape index (κ1) is 22.2. The van der Waals surface area contributed by atoms with Gasteiger partial charge in [-0.15, -0.1) is 0 Å². The van der Waals surface area contributed by atoms with E-state index in [1.54, 1.807) is 0 Å². The Labute approximate surface area is 181 Å². The molecule has 0 fully saturated rings. The van der Waals surface area contributed by atoms with Crippen LogP contribution in [0.4, 0.5) is 0 Å². The van der Waals surface area contributed by atoms with Gasteiger partial charge in [0.15, 0.2) is 0 Å². The number of carboxylic acids is 1. The second-order valence-corrected chi connectivity index (χ2v) is 11.5. The lowest BCUT2D eigenvalue weighted by molar-refractivity contribution is -0.137. The fraction of sp³-hybridized carbons (Fsp3) is 0.296. The molecule has 1 unspecified atom stereocenters. The van der Waals surface area contributed by atoms with Crippen LogP contribution in [0.5, 0.6) is 0 Å². The maximum absolute atomic E-state index is 10.9. The quantitative estimate of drug-likeness (QED) is 0.315. The van der Waals surface area contributed by atoms with Crippen molar-refractivity contribution in [3.8, 4) is 0 Å². The smallest absolute Gasteiger partial charge is 0.303 e. The molecule has 2 nitrogen and oxygen atoms in total. The Bertz CT molecular complexity index is 797. The van der Waals surface area contributed by atoms with E-state index in [-0.39, 0.29) is 6.42 Å². The summed E-state index contributed by atoms with van der Waals surface area (Å²) in [4.78, 5) is 10.9. The molecule has 0 aromatic heterocycles. The summed E-state index contributed by atoms with van der Waals surface area (Å²) in [7, 11) is -1.85. The summed E-state index contributed by atoms with van der Waals surface area (Å²) in [5, 5.41) is 13.2. The summed E-state index contributed by atoms with van der Waals surface area (Å²) >= 11 is 0. The molecular formula is C27H32O2P+. The molecule has 1 atom stereocenters. The monoisotopic (exact) mass is 419 g/mol. The van der Waals surface area contributed by atoms with Crippen molar-refractivity contribution in [3.63, 3.8) is 0 Å². The van der Waals surface area contributed by atoms with Crippen molar-refractivity contribution in [1.82, 2.24) is 0 Å². The number of aliphatic carboxylic acids is 1. The van der Waals surface area contributed by atoms with Crippen molar-refractivity contribution >= 4 is 29.1 Å². The molecule has 0 aliphatic carbocycles. The molecule has 3 rings (SSSR count). The number of hydrogen-bond acceptors (Lipinski definition) is 1. The lowest BCUT2D eigenvalue weighted by Gasteiger charge is -2.34. The minimum absolute atomic E-state index is 0.271. The van der Waals surface area contributed by atoms with Crippen LogP contribution in [0.25, 0.3) is 0 Å². The Balaban J connectivity index is 2.07. The average molecular weight is 420 g/mol. The van der Waals surface area contributed by atoms with Crippen molar-refractivity contribution < 1.29 is 9.90 Å². The van der Waals surface area contributed by atoms with Crippen LogP contribution >= 0.6 is 7.26 Å². The normalized spacial score (nSPS) is 12.4. The van der Waals surface area contributed by atoms with Crippen LogP contribution in [-0.4, -0.2) is 16.7 Å². The van der Waals surface area contributed by atoms with E-state index in [4.69, 9.17) is 5.11 Å². The molecule has 0 aliphatic heterocycles. The summed E-state index contributed by atoms with van der Waals surface area (Å²) in [6.45, 7) is 2.31. The van der Waals surface area contributed by atoms with Gasteiger partial charge in [0, 0.05) is 6.42 Å². The van der Waals surface area contributed by atoms with Gasteiger partial charge >= 0.3 is 5.97 Å². The van der Waals surface area contributed by atoms with Crippen LogP contribution in [0.15, 0.2) is 91.0 Å². The maximum atomic E-state index is 10.9. The largest absolute Gasteiger partial charge is 0.481 e. The predicted molar refractivity (Wildman–Crippen MR) is 130 cm³/mol. The van der Waals surface area contributed by atoms with Crippen LogP contribution in [0.3, 0.4) is 0 Å². The number of benzene rings is 3. The van der Waals surface area contributed by atoms with Crippen molar-refractivity contribution in [2.45, 2.75) is 51.1 Å². The van der Waals surface area contributed by atoms with Gasteiger partial charge in [0.25, 0.3) is 0 Å². The molecule has 0 spiro atoms. The molecule has 1 N–H and O–H groups in total. The minimum Gasteiger partial charge on any atom is -0.481 e. The molecule has 0 radical (unpaired) electrons. The lowest BCUT2D eigenvalue weighted by Crippen LogP contribution is -2.38. The third-order valence-corrected chi connectivity index (χ3v) is 11.0. The number of unbranched alkanes of at least 4 members (excludes halogenated alkanes) is 2. The first-order chi connectivity index (χ1) is 14.7. The Hall–Kier alpha value is -2.44. The summed E-state index contributed by atoms with van der Waals surface area (Å²) in [5.74, 6) is -0.693. The van der Waals surface area contributed by atoms with Crippen molar-refractivity contribution in [2.75, 3.05) is 0 Å². The third-order valence-electron chi connectivity index (χ3n) is 5.94. The van der Waals surface area contributed by atoms with Gasteiger partial charge in [-0.05, 0) is 62.1 Å². The second-order valence-electron chi connectivity index (χ2n) is 7.78. The van der Waals surface area contributed by atoms with Crippen molar-refractivity contribution in [1.29, 1.82) is 0 Å². The standard InChI is InChI=1S/C27H31O2P/c1-2-23(15-7-6-14-22-27(28)29)30(24-16-8-3-9-17-24,25-18-10-4-11-19-25)26-20-12-5-13-21-26/h3-5,8-13,16-21,23H,2,6-7,14-15,22H2,1H3/p+1. The third kappa shape index (κ3) is 4.99. The molecule has 0 aliphatic rings. The van der Waals surface area contributed by atoms with Crippen LogP contribution < -0.4 is 15.9 Å². The van der Waals surface area contributed by atoms with Gasteiger partial charge < -0.3 is 5.11 Å². The molecule has 3 aromatic carbocycles. The molecule has 0 heterocycles. The molecule has 156 valence electrons. The van der Waals surface area contributed by atoms with E-state index in [1.165, 1.54) is 15.9 Å². The molecule has 0 saturated carbocycles. The molecule has 3 aromatic rings. The van der Waals surface area contributed by atoms with Crippen molar-refractivity contribution in [2.24, 2.45) is 0 Å². The van der Waals surface area contributed by atoms with E-state index < -0.39 is 13.2 Å². The molecule has 0 saturated heterocycles. The summed E-state index contributed by atoms with van der Waals surface area (Å²) < 4.78 is 0. The zero-order valence-electron chi connectivity index (χ0n) is 17.8. The van der Waals surface area contributed by atoms with Crippen LogP contribution in [0, 0.1) is 0 Å². The highest BCUT2D eigenvalue weighted by molar-refractivity contribution is 7.96.